The van der Waals surface area contributed by atoms with E-state index in [0.29, 0.717) is 37.3 Å². The summed E-state index contributed by atoms with van der Waals surface area (Å²) in [6, 6.07) is 5.63. The first-order chi connectivity index (χ1) is 14.7. The Labute approximate surface area is 208 Å². The molecule has 4 atom stereocenters. The third-order valence-electron chi connectivity index (χ3n) is 6.09. The second-order valence-electron chi connectivity index (χ2n) is 8.15. The van der Waals surface area contributed by atoms with E-state index < -0.39 is 0 Å². The van der Waals surface area contributed by atoms with Crippen LogP contribution in [0, 0.1) is 0 Å². The van der Waals surface area contributed by atoms with Crippen LogP contribution in [0.1, 0.15) is 67.0 Å². The molecule has 2 bridgehead atoms. The van der Waals surface area contributed by atoms with Crippen molar-refractivity contribution in [3.63, 3.8) is 0 Å². The Bertz CT molecular complexity index is 608. The number of halogens is 3. The number of fused-ring (bicyclic) bond motifs is 4. The fraction of sp³-hybridized carbons (Fsp3) is 0.762. The van der Waals surface area contributed by atoms with Gasteiger partial charge in [-0.05, 0) is 12.1 Å². The number of hydrogen-bond acceptors (Lipinski definition) is 1. The van der Waals surface area contributed by atoms with Crippen LogP contribution in [0.4, 0.5) is 0 Å². The Morgan fingerprint density at radius 1 is 0.767 bits per heavy atom. The SMILES string of the molecule is Brc1cc2nc(c1)C[N-][C@@H]1CCCC[C@H]1[N-]CC[N-]C1CCCCC1[N-]C2.[Cl][Mn][Cl].[HH].[HH].[HH]. The van der Waals surface area contributed by atoms with Crippen LogP contribution in [0.2, 0.25) is 0 Å². The van der Waals surface area contributed by atoms with Gasteiger partial charge in [-0.25, -0.2) is 0 Å². The minimum absolute atomic E-state index is 0. The Morgan fingerprint density at radius 2 is 1.13 bits per heavy atom. The molecule has 177 valence electrons. The summed E-state index contributed by atoms with van der Waals surface area (Å²) < 4.78 is 1.08. The molecule has 2 saturated carbocycles. The Balaban J connectivity index is 0.00000162. The third-order valence-corrected chi connectivity index (χ3v) is 6.54. The van der Waals surface area contributed by atoms with Crippen LogP contribution in [0.15, 0.2) is 16.6 Å². The van der Waals surface area contributed by atoms with Crippen molar-refractivity contribution in [1.29, 1.82) is 0 Å². The predicted octanol–water partition coefficient (Wildman–Crippen LogP) is 8.09. The number of aromatic nitrogens is 1. The fourth-order valence-electron chi connectivity index (χ4n) is 4.67. The average molecular weight is 564 g/mol. The van der Waals surface area contributed by atoms with Gasteiger partial charge in [-0.3, -0.25) is 4.98 Å². The van der Waals surface area contributed by atoms with Crippen LogP contribution in [-0.4, -0.2) is 42.2 Å². The van der Waals surface area contributed by atoms with E-state index in [-0.39, 0.29) is 17.4 Å². The van der Waals surface area contributed by atoms with E-state index in [2.05, 4.69) is 28.1 Å². The summed E-state index contributed by atoms with van der Waals surface area (Å²) in [5.74, 6) is 0. The summed E-state index contributed by atoms with van der Waals surface area (Å²) in [4.78, 5) is 4.84. The minimum Gasteiger partial charge on any atom is 0 e. The molecular formula is C21H36BrCl2MnN5-4. The van der Waals surface area contributed by atoms with E-state index in [9.17, 15) is 0 Å². The van der Waals surface area contributed by atoms with Crippen molar-refractivity contribution in [2.24, 2.45) is 0 Å². The minimum atomic E-state index is 0. The van der Waals surface area contributed by atoms with E-state index in [4.69, 9.17) is 46.4 Å². The van der Waals surface area contributed by atoms with Crippen molar-refractivity contribution >= 4 is 36.1 Å². The maximum absolute atomic E-state index is 5.01. The summed E-state index contributed by atoms with van der Waals surface area (Å²) in [6.45, 7) is 3.05. The van der Waals surface area contributed by atoms with Gasteiger partial charge in [0.2, 0.25) is 0 Å². The molecule has 2 unspecified atom stereocenters. The second kappa shape index (κ2) is 14.0. The molecule has 0 amide bonds. The van der Waals surface area contributed by atoms with Gasteiger partial charge in [0.05, 0.1) is 0 Å². The molecule has 3 aliphatic rings. The molecule has 30 heavy (non-hydrogen) atoms. The molecule has 1 aliphatic heterocycles. The second-order valence-corrected chi connectivity index (χ2v) is 11.0. The Kier molecular flexibility index (Phi) is 11.7. The van der Waals surface area contributed by atoms with E-state index in [0.717, 1.165) is 41.8 Å². The number of nitrogens with zero attached hydrogens (tertiary/aromatic N) is 5. The molecule has 0 N–H and O–H groups in total. The monoisotopic (exact) mass is 562 g/mol. The molecule has 2 heterocycles. The molecule has 5 nitrogen and oxygen atoms in total. The zero-order valence-corrected chi connectivity index (χ0v) is 21.5. The smallest absolute Gasteiger partial charge is 0 e. The molecule has 0 spiro atoms. The summed E-state index contributed by atoms with van der Waals surface area (Å²) in [5.41, 5.74) is 2.08. The van der Waals surface area contributed by atoms with Crippen LogP contribution < -0.4 is 0 Å². The van der Waals surface area contributed by atoms with Gasteiger partial charge < -0.3 is 21.3 Å². The van der Waals surface area contributed by atoms with E-state index >= 15 is 0 Å². The van der Waals surface area contributed by atoms with Gasteiger partial charge >= 0.3 is 33.3 Å². The van der Waals surface area contributed by atoms with Gasteiger partial charge in [0.15, 0.2) is 0 Å². The van der Waals surface area contributed by atoms with Crippen molar-refractivity contribution < 1.29 is 17.4 Å². The van der Waals surface area contributed by atoms with Crippen LogP contribution >= 0.6 is 36.1 Å². The Hall–Kier alpha value is 0.569. The van der Waals surface area contributed by atoms with Gasteiger partial charge in [0.25, 0.3) is 0 Å². The van der Waals surface area contributed by atoms with Crippen molar-refractivity contribution in [3.8, 4) is 0 Å². The first-order valence-corrected chi connectivity index (χ1v) is 14.9. The predicted molar refractivity (Wildman–Crippen MR) is 133 cm³/mol. The number of rotatable bonds is 0. The zero-order valence-electron chi connectivity index (χ0n) is 17.2. The summed E-state index contributed by atoms with van der Waals surface area (Å²) in [7, 11) is 9.59. The van der Waals surface area contributed by atoms with Gasteiger partial charge in [-0.2, -0.15) is 37.3 Å². The Morgan fingerprint density at radius 3 is 1.53 bits per heavy atom. The van der Waals surface area contributed by atoms with Gasteiger partial charge in [0, 0.05) is 20.1 Å². The largest absolute Gasteiger partial charge is 0 e. The van der Waals surface area contributed by atoms with Crippen LogP contribution in [0.5, 0.6) is 0 Å². The van der Waals surface area contributed by atoms with E-state index in [1.807, 2.05) is 0 Å². The van der Waals surface area contributed by atoms with Gasteiger partial charge in [-0.1, -0.05) is 67.3 Å². The molecule has 2 fully saturated rings. The maximum atomic E-state index is 5.01. The van der Waals surface area contributed by atoms with Gasteiger partial charge in [0.1, 0.15) is 0 Å². The number of pyridine rings is 1. The quantitative estimate of drug-likeness (QED) is 0.294. The van der Waals surface area contributed by atoms with Crippen LogP contribution in [-0.2, 0) is 26.2 Å². The standard InChI is InChI=1S/C21H30BrN5.2ClH.Mn.3H2/c22-15-11-16-13-25-20-7-3-1-5-18(20)23-9-10-24-19-6-2-4-8-21(19)26-14-17(12-15)27-16;;;;;;/h11-12,18-21H,1-10,13-14H2;2*1H;;3*1H/q-4;;;+2;;;/p-2/t18-,19?,20-,21?;;;;;;/m1....../s1. The van der Waals surface area contributed by atoms with E-state index in [1.54, 1.807) is 0 Å². The molecule has 9 heteroatoms. The molecule has 0 saturated heterocycles. The summed E-state index contributed by atoms with van der Waals surface area (Å²) in [6.07, 6.45) is 9.76. The van der Waals surface area contributed by atoms with Crippen LogP contribution in [0.3, 0.4) is 0 Å². The first-order valence-electron chi connectivity index (χ1n) is 10.9. The van der Waals surface area contributed by atoms with Crippen molar-refractivity contribution in [2.75, 3.05) is 13.1 Å². The van der Waals surface area contributed by atoms with Gasteiger partial charge in [-0.15, -0.1) is 13.1 Å². The molecule has 4 rings (SSSR count). The molecule has 0 radical (unpaired) electrons. The molecular weight excluding hydrogens is 528 g/mol. The third kappa shape index (κ3) is 8.17. The molecule has 1 aromatic rings. The average Bonchev–Trinajstić information content (AvgIpc) is 2.75. The topological polar surface area (TPSA) is 69.3 Å². The number of hydrogen-bond donors (Lipinski definition) is 0. The fourth-order valence-corrected chi connectivity index (χ4v) is 5.20. The summed E-state index contributed by atoms with van der Waals surface area (Å²) in [5, 5.41) is 20.0. The maximum Gasteiger partial charge on any atom is 0 e. The molecule has 1 aromatic heterocycles. The van der Waals surface area contributed by atoms with E-state index in [1.165, 1.54) is 38.5 Å². The van der Waals surface area contributed by atoms with Crippen molar-refractivity contribution in [1.82, 2.24) is 4.98 Å². The van der Waals surface area contributed by atoms with Crippen LogP contribution in [0.25, 0.3) is 21.3 Å². The first kappa shape index (κ1) is 25.2. The van der Waals surface area contributed by atoms with Crippen molar-refractivity contribution in [3.05, 3.63) is 49.3 Å². The zero-order chi connectivity index (χ0) is 21.2. The summed E-state index contributed by atoms with van der Waals surface area (Å²) >= 11 is 3.65. The van der Waals surface area contributed by atoms with Crippen molar-refractivity contribution in [2.45, 2.75) is 88.6 Å². The molecule has 0 aromatic carbocycles. The normalized spacial score (nSPS) is 30.5. The molecule has 2 aliphatic carbocycles.